The van der Waals surface area contributed by atoms with Crippen LogP contribution in [0.3, 0.4) is 0 Å². The molecule has 0 saturated heterocycles. The Morgan fingerprint density at radius 3 is 2.33 bits per heavy atom. The molecule has 3 heterocycles. The van der Waals surface area contributed by atoms with E-state index in [2.05, 4.69) is 55.6 Å². The van der Waals surface area contributed by atoms with Gasteiger partial charge >= 0.3 is 0 Å². The third-order valence-corrected chi connectivity index (χ3v) is 6.84. The van der Waals surface area contributed by atoms with Gasteiger partial charge in [-0.05, 0) is 76.6 Å². The Bertz CT molecular complexity index is 1000. The first-order valence-corrected chi connectivity index (χ1v) is 10.7. The van der Waals surface area contributed by atoms with Crippen molar-refractivity contribution < 1.29 is 4.74 Å². The topological polar surface area (TPSA) is 40.6 Å². The van der Waals surface area contributed by atoms with Gasteiger partial charge in [0.1, 0.15) is 5.76 Å². The Hall–Kier alpha value is -2.98. The lowest BCUT2D eigenvalue weighted by atomic mass is 9.69. The van der Waals surface area contributed by atoms with Crippen molar-refractivity contribution >= 4 is 11.8 Å². The van der Waals surface area contributed by atoms with Crippen molar-refractivity contribution in [2.75, 3.05) is 24.6 Å². The van der Waals surface area contributed by atoms with Gasteiger partial charge in [0.05, 0.1) is 19.2 Å². The monoisotopic (exact) mass is 399 g/mol. The van der Waals surface area contributed by atoms with Gasteiger partial charge in [0.2, 0.25) is 0 Å². The average Bonchev–Trinajstić information content (AvgIpc) is 2.72. The molecule has 1 aromatic rings. The number of nitrogens with zero attached hydrogens (tertiary/aromatic N) is 3. The van der Waals surface area contributed by atoms with Gasteiger partial charge in [-0.2, -0.15) is 0 Å². The van der Waals surface area contributed by atoms with Crippen LogP contribution in [-0.4, -0.2) is 19.7 Å². The first kappa shape index (κ1) is 20.3. The fourth-order valence-electron chi connectivity index (χ4n) is 4.75. The number of anilines is 1. The highest BCUT2D eigenvalue weighted by molar-refractivity contribution is 5.72. The molecular weight excluding hydrogens is 370 g/mol. The first-order valence-electron chi connectivity index (χ1n) is 10.7. The van der Waals surface area contributed by atoms with Crippen LogP contribution in [0.5, 0.6) is 0 Å². The number of hydrogen-bond acceptors (Lipinski definition) is 3. The molecule has 0 atom stereocenters. The van der Waals surface area contributed by atoms with Gasteiger partial charge in [-0.25, -0.2) is 10.1 Å². The van der Waals surface area contributed by atoms with Crippen molar-refractivity contribution in [3.8, 4) is 6.07 Å². The second-order valence-electron chi connectivity index (χ2n) is 9.80. The molecule has 0 fully saturated rings. The fraction of sp³-hybridized carbons (Fsp3) is 0.462. The van der Waals surface area contributed by atoms with Crippen molar-refractivity contribution in [2.45, 2.75) is 57.8 Å². The maximum atomic E-state index is 9.15. The number of nitriles is 1. The molecule has 4 rings (SSSR count). The van der Waals surface area contributed by atoms with E-state index >= 15 is 0 Å². The minimum Gasteiger partial charge on any atom is -0.493 e. The van der Waals surface area contributed by atoms with E-state index in [1.807, 2.05) is 18.2 Å². The van der Waals surface area contributed by atoms with E-state index in [4.69, 9.17) is 16.6 Å². The molecule has 0 spiro atoms. The maximum absolute atomic E-state index is 9.15. The van der Waals surface area contributed by atoms with Gasteiger partial charge in [0, 0.05) is 18.8 Å². The predicted molar refractivity (Wildman–Crippen MR) is 121 cm³/mol. The summed E-state index contributed by atoms with van der Waals surface area (Å²) in [5.74, 6) is 0.708. The lowest BCUT2D eigenvalue weighted by Gasteiger charge is -2.48. The summed E-state index contributed by atoms with van der Waals surface area (Å²) in [6.07, 6.45) is 8.84. The first-order chi connectivity index (χ1) is 14.2. The Morgan fingerprint density at radius 1 is 1.13 bits per heavy atom. The van der Waals surface area contributed by atoms with Crippen molar-refractivity contribution in [3.63, 3.8) is 0 Å². The van der Waals surface area contributed by atoms with Crippen molar-refractivity contribution in [2.24, 2.45) is 0 Å². The molecule has 30 heavy (non-hydrogen) atoms. The normalized spacial score (nSPS) is 23.0. The van der Waals surface area contributed by atoms with Crippen molar-refractivity contribution in [1.29, 1.82) is 5.26 Å². The summed E-state index contributed by atoms with van der Waals surface area (Å²) >= 11 is 0. The highest BCUT2D eigenvalue weighted by atomic mass is 16.5. The van der Waals surface area contributed by atoms with Crippen LogP contribution in [-0.2, 0) is 15.6 Å². The molecular formula is C26H29N3O. The second-order valence-corrected chi connectivity index (χ2v) is 9.80. The number of allylic oxidation sites excluding steroid dienone is 3. The lowest BCUT2D eigenvalue weighted by Crippen LogP contribution is -2.44. The molecule has 154 valence electrons. The minimum absolute atomic E-state index is 0.158. The van der Waals surface area contributed by atoms with Gasteiger partial charge in [0.15, 0.2) is 0 Å². The molecule has 1 aromatic carbocycles. The molecule has 0 N–H and O–H groups in total. The highest BCUT2D eigenvalue weighted by Gasteiger charge is 2.39. The summed E-state index contributed by atoms with van der Waals surface area (Å²) in [7, 11) is 0. The Kier molecular flexibility index (Phi) is 4.99. The molecule has 0 amide bonds. The summed E-state index contributed by atoms with van der Waals surface area (Å²) in [5.41, 5.74) is 6.75. The average molecular weight is 400 g/mol. The molecule has 0 bridgehead atoms. The number of rotatable bonds is 2. The zero-order chi connectivity index (χ0) is 21.5. The van der Waals surface area contributed by atoms with E-state index in [1.165, 1.54) is 35.2 Å². The third kappa shape index (κ3) is 3.52. The smallest absolute Gasteiger partial charge is 0.265 e. The minimum atomic E-state index is 0.158. The van der Waals surface area contributed by atoms with E-state index in [9.17, 15) is 0 Å². The number of benzene rings is 1. The fourth-order valence-corrected chi connectivity index (χ4v) is 4.75. The zero-order valence-electron chi connectivity index (χ0n) is 18.4. The number of ether oxygens (including phenoxy) is 1. The standard InChI is InChI=1S/C26H29N3O/c1-25(2)9-11-29-12-10-26(3,4)22-15-18(14-21(25)24(22)29)6-7-20-16-19(8-13-30-20)23(17-27)28-5/h6-7,14-16H,8-13H2,1-4H3. The molecule has 0 aromatic heterocycles. The lowest BCUT2D eigenvalue weighted by molar-refractivity contribution is 0.219. The maximum Gasteiger partial charge on any atom is 0.265 e. The summed E-state index contributed by atoms with van der Waals surface area (Å²) in [6.45, 7) is 19.4. The predicted octanol–water partition coefficient (Wildman–Crippen LogP) is 5.87. The number of hydrogen-bond donors (Lipinski definition) is 0. The van der Waals surface area contributed by atoms with Gasteiger partial charge in [-0.3, -0.25) is 0 Å². The Labute approximate surface area is 180 Å². The molecule has 0 unspecified atom stereocenters. The van der Waals surface area contributed by atoms with Crippen LogP contribution in [0.25, 0.3) is 10.9 Å². The van der Waals surface area contributed by atoms with E-state index < -0.39 is 0 Å². The van der Waals surface area contributed by atoms with E-state index in [0.29, 0.717) is 18.8 Å². The van der Waals surface area contributed by atoms with E-state index in [-0.39, 0.29) is 16.5 Å². The van der Waals surface area contributed by atoms with Crippen LogP contribution >= 0.6 is 0 Å². The zero-order valence-corrected chi connectivity index (χ0v) is 18.4. The van der Waals surface area contributed by atoms with Gasteiger partial charge in [-0.15, -0.1) is 0 Å². The molecule has 3 aliphatic heterocycles. The summed E-state index contributed by atoms with van der Waals surface area (Å²) in [5, 5.41) is 9.15. The van der Waals surface area contributed by atoms with Crippen LogP contribution in [0.4, 0.5) is 5.69 Å². The van der Waals surface area contributed by atoms with Gasteiger partial charge in [0.25, 0.3) is 5.70 Å². The summed E-state index contributed by atoms with van der Waals surface area (Å²) < 4.78 is 5.77. The third-order valence-electron chi connectivity index (χ3n) is 6.84. The quantitative estimate of drug-likeness (QED) is 0.461. The highest BCUT2D eigenvalue weighted by Crippen LogP contribution is 2.49. The molecule has 4 heteroatoms. The Balaban J connectivity index is 1.76. The van der Waals surface area contributed by atoms with Crippen LogP contribution in [0.2, 0.25) is 0 Å². The van der Waals surface area contributed by atoms with Gasteiger partial charge in [-0.1, -0.05) is 33.8 Å². The second kappa shape index (κ2) is 7.37. The van der Waals surface area contributed by atoms with Crippen LogP contribution in [0.15, 0.2) is 41.3 Å². The molecule has 3 aliphatic rings. The SMILES string of the molecule is [C-]#[N+]C(C#N)=C1C=C(C=Cc2cc3c4c(c2)C(C)(C)CCN4CCC3(C)C)OCC1. The molecule has 0 radical (unpaired) electrons. The van der Waals surface area contributed by atoms with E-state index in [0.717, 1.165) is 18.7 Å². The van der Waals surface area contributed by atoms with Crippen LogP contribution in [0, 0.1) is 17.9 Å². The Morgan fingerprint density at radius 2 is 1.77 bits per heavy atom. The van der Waals surface area contributed by atoms with Crippen LogP contribution < -0.4 is 4.90 Å². The molecule has 0 saturated carbocycles. The largest absolute Gasteiger partial charge is 0.493 e. The van der Waals surface area contributed by atoms with Gasteiger partial charge < -0.3 is 9.64 Å². The van der Waals surface area contributed by atoms with Crippen molar-refractivity contribution in [3.05, 3.63) is 69.4 Å². The molecule has 4 nitrogen and oxygen atoms in total. The van der Waals surface area contributed by atoms with Crippen molar-refractivity contribution in [1.82, 2.24) is 0 Å². The van der Waals surface area contributed by atoms with E-state index in [1.54, 1.807) is 0 Å². The summed E-state index contributed by atoms with van der Waals surface area (Å²) in [4.78, 5) is 5.91. The summed E-state index contributed by atoms with van der Waals surface area (Å²) in [6, 6.07) is 6.66. The molecule has 0 aliphatic carbocycles. The van der Waals surface area contributed by atoms with Crippen LogP contribution in [0.1, 0.15) is 63.6 Å².